The molecule has 2 aliphatic rings. The molecule has 4 nitrogen and oxygen atoms in total. The van der Waals surface area contributed by atoms with Gasteiger partial charge in [-0.15, -0.1) is 11.3 Å². The highest BCUT2D eigenvalue weighted by Gasteiger charge is 2.27. The maximum atomic E-state index is 13.5. The summed E-state index contributed by atoms with van der Waals surface area (Å²) < 4.78 is 19.1. The molecule has 0 aliphatic carbocycles. The van der Waals surface area contributed by atoms with E-state index in [1.165, 1.54) is 38.7 Å². The van der Waals surface area contributed by atoms with Gasteiger partial charge in [-0.1, -0.05) is 6.92 Å². The molecule has 1 amide bonds. The molecule has 5 rings (SSSR count). The topological polar surface area (TPSA) is 36.7 Å². The number of likely N-dealkylation sites (tertiary alicyclic amines) is 1. The highest BCUT2D eigenvalue weighted by molar-refractivity contribution is 7.12. The van der Waals surface area contributed by atoms with E-state index in [2.05, 4.69) is 11.8 Å². The van der Waals surface area contributed by atoms with E-state index in [4.69, 9.17) is 4.42 Å². The van der Waals surface area contributed by atoms with Gasteiger partial charge in [0.2, 0.25) is 5.91 Å². The van der Waals surface area contributed by atoms with Gasteiger partial charge in [0.15, 0.2) is 0 Å². The lowest BCUT2D eigenvalue weighted by molar-refractivity contribution is -0.118. The number of aryl methyl sites for hydroxylation is 1. The Morgan fingerprint density at radius 2 is 2.03 bits per heavy atom. The largest absolute Gasteiger partial charge is 0.464 e. The molecule has 170 valence electrons. The fraction of sp³-hybridized carbons (Fsp3) is 0.500. The van der Waals surface area contributed by atoms with Crippen molar-refractivity contribution in [2.45, 2.75) is 57.8 Å². The normalized spacial score (nSPS) is 18.3. The van der Waals surface area contributed by atoms with E-state index < -0.39 is 0 Å². The van der Waals surface area contributed by atoms with Gasteiger partial charge in [0.05, 0.1) is 12.0 Å². The van der Waals surface area contributed by atoms with Gasteiger partial charge in [0, 0.05) is 46.8 Å². The molecule has 0 spiro atoms. The molecule has 0 radical (unpaired) electrons. The van der Waals surface area contributed by atoms with Crippen molar-refractivity contribution in [3.63, 3.8) is 0 Å². The van der Waals surface area contributed by atoms with Crippen LogP contribution in [0.5, 0.6) is 0 Å². The minimum Gasteiger partial charge on any atom is -0.464 e. The van der Waals surface area contributed by atoms with Gasteiger partial charge in [-0.3, -0.25) is 4.79 Å². The molecule has 0 bridgehead atoms. The van der Waals surface area contributed by atoms with Crippen molar-refractivity contribution < 1.29 is 13.6 Å². The predicted molar refractivity (Wildman–Crippen MR) is 128 cm³/mol. The van der Waals surface area contributed by atoms with Crippen LogP contribution >= 0.6 is 11.3 Å². The van der Waals surface area contributed by atoms with Gasteiger partial charge in [-0.25, -0.2) is 4.39 Å². The minimum absolute atomic E-state index is 0.249. The summed E-state index contributed by atoms with van der Waals surface area (Å²) in [6, 6.07) is 4.85. The number of furan rings is 1. The van der Waals surface area contributed by atoms with Gasteiger partial charge in [0.25, 0.3) is 0 Å². The van der Waals surface area contributed by atoms with E-state index >= 15 is 0 Å². The summed E-state index contributed by atoms with van der Waals surface area (Å²) in [5.41, 5.74) is 4.46. The van der Waals surface area contributed by atoms with Crippen LogP contribution in [0, 0.1) is 5.82 Å². The fourth-order valence-electron chi connectivity index (χ4n) is 5.44. The molecule has 2 aromatic heterocycles. The molecule has 0 unspecified atom stereocenters. The second-order valence-corrected chi connectivity index (χ2v) is 10.3. The van der Waals surface area contributed by atoms with Gasteiger partial charge in [-0.05, 0) is 75.2 Å². The number of piperidine rings is 1. The second-order valence-electron chi connectivity index (χ2n) is 9.13. The van der Waals surface area contributed by atoms with Crippen LogP contribution < -0.4 is 4.90 Å². The lowest BCUT2D eigenvalue weighted by Gasteiger charge is -2.31. The summed E-state index contributed by atoms with van der Waals surface area (Å²) in [6.45, 7) is 5.42. The maximum absolute atomic E-state index is 13.5. The molecule has 0 N–H and O–H groups in total. The summed E-state index contributed by atoms with van der Waals surface area (Å²) in [5.74, 6) is 0.474. The van der Waals surface area contributed by atoms with Crippen molar-refractivity contribution in [2.24, 2.45) is 0 Å². The first kappa shape index (κ1) is 21.7. The smallest absolute Gasteiger partial charge is 0.226 e. The molecule has 32 heavy (non-hydrogen) atoms. The number of hydrogen-bond donors (Lipinski definition) is 0. The first-order valence-electron chi connectivity index (χ1n) is 11.8. The molecule has 0 atom stereocenters. The number of anilines is 1. The SMILES string of the molecule is CCc1c(CCN2CCC(c3coc4cc(F)ccc34)CC2)sc2c1N(C)C(=O)CCC2. The van der Waals surface area contributed by atoms with E-state index in [1.807, 2.05) is 35.6 Å². The summed E-state index contributed by atoms with van der Waals surface area (Å²) >= 11 is 1.93. The molecule has 1 fully saturated rings. The van der Waals surface area contributed by atoms with Crippen molar-refractivity contribution in [1.29, 1.82) is 0 Å². The third-order valence-electron chi connectivity index (χ3n) is 7.24. The zero-order valence-electron chi connectivity index (χ0n) is 19.0. The summed E-state index contributed by atoms with van der Waals surface area (Å²) in [6.07, 6.45) is 8.71. The van der Waals surface area contributed by atoms with Crippen LogP contribution in [-0.2, 0) is 24.1 Å². The molecule has 1 saturated heterocycles. The van der Waals surface area contributed by atoms with Crippen LogP contribution in [0.25, 0.3) is 11.0 Å². The van der Waals surface area contributed by atoms with Crippen LogP contribution in [0.15, 0.2) is 28.9 Å². The van der Waals surface area contributed by atoms with Crippen LogP contribution in [-0.4, -0.2) is 37.5 Å². The van der Waals surface area contributed by atoms with Gasteiger partial charge >= 0.3 is 0 Å². The predicted octanol–water partition coefficient (Wildman–Crippen LogP) is 5.92. The highest BCUT2D eigenvalue weighted by atomic mass is 32.1. The quantitative estimate of drug-likeness (QED) is 0.480. The molecule has 6 heteroatoms. The molecular formula is C26H31FN2O2S. The minimum atomic E-state index is -0.249. The number of thiophene rings is 1. The van der Waals surface area contributed by atoms with Crippen LogP contribution in [0.4, 0.5) is 10.1 Å². The Morgan fingerprint density at radius 1 is 1.22 bits per heavy atom. The van der Waals surface area contributed by atoms with E-state index in [1.54, 1.807) is 0 Å². The number of nitrogens with zero attached hydrogens (tertiary/aromatic N) is 2. The van der Waals surface area contributed by atoms with E-state index in [0.29, 0.717) is 17.9 Å². The summed E-state index contributed by atoms with van der Waals surface area (Å²) in [4.78, 5) is 19.7. The Labute approximate surface area is 193 Å². The number of amides is 1. The van der Waals surface area contributed by atoms with Gasteiger partial charge in [-0.2, -0.15) is 0 Å². The average Bonchev–Trinajstić information content (AvgIpc) is 3.34. The number of benzene rings is 1. The number of carbonyl (C=O) groups is 1. The second kappa shape index (κ2) is 8.99. The lowest BCUT2D eigenvalue weighted by atomic mass is 9.89. The van der Waals surface area contributed by atoms with E-state index in [-0.39, 0.29) is 11.7 Å². The Kier molecular flexibility index (Phi) is 6.08. The Balaban J connectivity index is 1.23. The van der Waals surface area contributed by atoms with Crippen LogP contribution in [0.1, 0.15) is 59.4 Å². The monoisotopic (exact) mass is 454 g/mol. The van der Waals surface area contributed by atoms with Crippen molar-refractivity contribution in [2.75, 3.05) is 31.6 Å². The van der Waals surface area contributed by atoms with Gasteiger partial charge < -0.3 is 14.2 Å². The number of hydrogen-bond acceptors (Lipinski definition) is 4. The van der Waals surface area contributed by atoms with Crippen LogP contribution in [0.2, 0.25) is 0 Å². The van der Waals surface area contributed by atoms with Crippen molar-refractivity contribution in [3.05, 3.63) is 51.2 Å². The Bertz CT molecular complexity index is 1130. The molecule has 3 aromatic rings. The van der Waals surface area contributed by atoms with Crippen molar-refractivity contribution in [3.8, 4) is 0 Å². The number of carbonyl (C=O) groups excluding carboxylic acids is 1. The zero-order chi connectivity index (χ0) is 22.2. The Hall–Kier alpha value is -2.18. The third kappa shape index (κ3) is 3.99. The number of rotatable bonds is 5. The molecule has 4 heterocycles. The van der Waals surface area contributed by atoms with Crippen LogP contribution in [0.3, 0.4) is 0 Å². The molecular weight excluding hydrogens is 423 g/mol. The lowest BCUT2D eigenvalue weighted by Crippen LogP contribution is -2.34. The maximum Gasteiger partial charge on any atom is 0.226 e. The molecule has 1 aromatic carbocycles. The van der Waals surface area contributed by atoms with Crippen molar-refractivity contribution >= 4 is 33.9 Å². The number of fused-ring (bicyclic) bond motifs is 2. The standard InChI is InChI=1S/C26H31FN2O2S/c1-3-19-23(32-24-5-4-6-25(30)28(2)26(19)24)11-14-29-12-9-17(10-13-29)21-16-31-22-15-18(27)7-8-20(21)22/h7-8,15-17H,3-6,9-14H2,1-2H3. The van der Waals surface area contributed by atoms with Crippen molar-refractivity contribution in [1.82, 2.24) is 4.90 Å². The highest BCUT2D eigenvalue weighted by Crippen LogP contribution is 2.40. The van der Waals surface area contributed by atoms with Gasteiger partial charge in [0.1, 0.15) is 11.4 Å². The average molecular weight is 455 g/mol. The first-order valence-corrected chi connectivity index (χ1v) is 12.7. The third-order valence-corrected chi connectivity index (χ3v) is 8.58. The molecule has 0 saturated carbocycles. The summed E-state index contributed by atoms with van der Waals surface area (Å²) in [5, 5.41) is 1.05. The first-order chi connectivity index (χ1) is 15.5. The Morgan fingerprint density at radius 3 is 2.81 bits per heavy atom. The zero-order valence-corrected chi connectivity index (χ0v) is 19.8. The molecule has 2 aliphatic heterocycles. The number of halogens is 1. The fourth-order valence-corrected chi connectivity index (χ4v) is 6.90. The van der Waals surface area contributed by atoms with E-state index in [9.17, 15) is 9.18 Å². The van der Waals surface area contributed by atoms with E-state index in [0.717, 1.165) is 63.5 Å². The summed E-state index contributed by atoms with van der Waals surface area (Å²) in [7, 11) is 1.95.